The number of carbonyl (C=O) groups excluding carboxylic acids is 1. The minimum atomic E-state index is -0.830. The van der Waals surface area contributed by atoms with E-state index in [1.165, 1.54) is 5.56 Å². The minimum absolute atomic E-state index is 0.0383. The predicted octanol–water partition coefficient (Wildman–Crippen LogP) is 2.46. The maximum Gasteiger partial charge on any atom is 0.308 e. The molecule has 1 aromatic heterocycles. The van der Waals surface area contributed by atoms with Crippen LogP contribution in [0.15, 0.2) is 24.3 Å². The van der Waals surface area contributed by atoms with Crippen molar-refractivity contribution in [2.45, 2.75) is 33.1 Å². The van der Waals surface area contributed by atoms with E-state index in [2.05, 4.69) is 5.10 Å². The number of aliphatic carboxylic acids is 1. The Morgan fingerprint density at radius 3 is 2.54 bits per heavy atom. The van der Waals surface area contributed by atoms with Crippen molar-refractivity contribution in [3.05, 3.63) is 46.8 Å². The van der Waals surface area contributed by atoms with Crippen molar-refractivity contribution in [2.75, 3.05) is 13.1 Å². The maximum atomic E-state index is 13.1. The molecule has 2 atom stereocenters. The van der Waals surface area contributed by atoms with E-state index < -0.39 is 11.9 Å². The largest absolute Gasteiger partial charge is 0.481 e. The number of hydrogen-bond donors (Lipinski definition) is 1. The Labute approximate surface area is 152 Å². The molecule has 4 rings (SSSR count). The van der Waals surface area contributed by atoms with Crippen LogP contribution < -0.4 is 0 Å². The molecular formula is C20H23N3O3. The molecule has 6 nitrogen and oxygen atoms in total. The third kappa shape index (κ3) is 2.69. The summed E-state index contributed by atoms with van der Waals surface area (Å²) in [6, 6.07) is 8.13. The van der Waals surface area contributed by atoms with Crippen LogP contribution in [0.1, 0.15) is 40.7 Å². The van der Waals surface area contributed by atoms with Gasteiger partial charge in [-0.05, 0) is 44.2 Å². The zero-order chi connectivity index (χ0) is 18.4. The SMILES string of the molecule is Cc1ccc(-n2nc(C(=O)N3C[C@@H](C)[C@H](C(=O)O)C3)c3c2CCC3)cc1. The highest BCUT2D eigenvalue weighted by molar-refractivity contribution is 5.95. The minimum Gasteiger partial charge on any atom is -0.481 e. The van der Waals surface area contributed by atoms with Gasteiger partial charge in [-0.15, -0.1) is 0 Å². The molecule has 0 saturated carbocycles. The van der Waals surface area contributed by atoms with Crippen molar-refractivity contribution >= 4 is 11.9 Å². The molecule has 2 aromatic rings. The molecular weight excluding hydrogens is 330 g/mol. The van der Waals surface area contributed by atoms with Gasteiger partial charge < -0.3 is 10.0 Å². The number of aryl methyl sites for hydroxylation is 1. The van der Waals surface area contributed by atoms with Gasteiger partial charge in [-0.2, -0.15) is 5.10 Å². The summed E-state index contributed by atoms with van der Waals surface area (Å²) < 4.78 is 1.89. The van der Waals surface area contributed by atoms with Gasteiger partial charge in [0.25, 0.3) is 5.91 Å². The van der Waals surface area contributed by atoms with E-state index >= 15 is 0 Å². The number of hydrogen-bond acceptors (Lipinski definition) is 3. The lowest BCUT2D eigenvalue weighted by atomic mass is 9.99. The topological polar surface area (TPSA) is 75.4 Å². The van der Waals surface area contributed by atoms with Crippen molar-refractivity contribution in [1.82, 2.24) is 14.7 Å². The summed E-state index contributed by atoms with van der Waals surface area (Å²) in [6.45, 7) is 4.67. The second-order valence-electron chi connectivity index (χ2n) is 7.51. The molecule has 1 amide bonds. The van der Waals surface area contributed by atoms with Gasteiger partial charge in [0.05, 0.1) is 11.6 Å². The number of carbonyl (C=O) groups is 2. The predicted molar refractivity (Wildman–Crippen MR) is 96.5 cm³/mol. The highest BCUT2D eigenvalue weighted by Crippen LogP contribution is 2.31. The molecule has 2 heterocycles. The first-order chi connectivity index (χ1) is 12.5. The van der Waals surface area contributed by atoms with Crippen LogP contribution in [-0.4, -0.2) is 44.8 Å². The summed E-state index contributed by atoms with van der Waals surface area (Å²) >= 11 is 0. The number of fused-ring (bicyclic) bond motifs is 1. The van der Waals surface area contributed by atoms with Crippen LogP contribution in [0.2, 0.25) is 0 Å². The van der Waals surface area contributed by atoms with E-state index in [0.717, 1.165) is 36.2 Å². The molecule has 26 heavy (non-hydrogen) atoms. The second kappa shape index (κ2) is 6.27. The Kier molecular flexibility index (Phi) is 4.05. The first-order valence-corrected chi connectivity index (χ1v) is 9.15. The zero-order valence-electron chi connectivity index (χ0n) is 15.1. The number of aromatic nitrogens is 2. The van der Waals surface area contributed by atoms with Crippen molar-refractivity contribution in [2.24, 2.45) is 11.8 Å². The zero-order valence-corrected chi connectivity index (χ0v) is 15.1. The van der Waals surface area contributed by atoms with Crippen molar-refractivity contribution in [3.63, 3.8) is 0 Å². The van der Waals surface area contributed by atoms with Crippen LogP contribution >= 0.6 is 0 Å². The lowest BCUT2D eigenvalue weighted by molar-refractivity contribution is -0.142. The van der Waals surface area contributed by atoms with E-state index in [-0.39, 0.29) is 18.4 Å². The summed E-state index contributed by atoms with van der Waals surface area (Å²) in [5.74, 6) is -1.50. The van der Waals surface area contributed by atoms with E-state index in [0.29, 0.717) is 12.2 Å². The number of benzene rings is 1. The average molecular weight is 353 g/mol. The smallest absolute Gasteiger partial charge is 0.308 e. The number of amides is 1. The van der Waals surface area contributed by atoms with Crippen LogP contribution in [-0.2, 0) is 17.6 Å². The standard InChI is InChI=1S/C20H23N3O3/c1-12-6-8-14(9-7-12)23-17-5-3-4-15(17)18(21-23)19(24)22-10-13(2)16(11-22)20(25)26/h6-9,13,16H,3-5,10-11H2,1-2H3,(H,25,26)/t13-,16-/m1/s1. The Morgan fingerprint density at radius 1 is 1.15 bits per heavy atom. The number of rotatable bonds is 3. The molecule has 2 aliphatic rings. The number of carboxylic acids is 1. The first-order valence-electron chi connectivity index (χ1n) is 9.15. The molecule has 1 fully saturated rings. The monoisotopic (exact) mass is 353 g/mol. The molecule has 0 bridgehead atoms. The fourth-order valence-corrected chi connectivity index (χ4v) is 4.11. The fraction of sp³-hybridized carbons (Fsp3) is 0.450. The van der Waals surface area contributed by atoms with E-state index in [9.17, 15) is 14.7 Å². The van der Waals surface area contributed by atoms with Gasteiger partial charge in [-0.3, -0.25) is 9.59 Å². The quantitative estimate of drug-likeness (QED) is 0.920. The molecule has 1 aromatic carbocycles. The Balaban J connectivity index is 1.67. The van der Waals surface area contributed by atoms with E-state index in [4.69, 9.17) is 0 Å². The first kappa shape index (κ1) is 16.8. The van der Waals surface area contributed by atoms with Crippen LogP contribution in [0.5, 0.6) is 0 Å². The van der Waals surface area contributed by atoms with Gasteiger partial charge in [0.1, 0.15) is 0 Å². The summed E-state index contributed by atoms with van der Waals surface area (Å²) in [7, 11) is 0. The molecule has 1 N–H and O–H groups in total. The van der Waals surface area contributed by atoms with Crippen LogP contribution in [0, 0.1) is 18.8 Å². The van der Waals surface area contributed by atoms with Crippen LogP contribution in [0.25, 0.3) is 5.69 Å². The van der Waals surface area contributed by atoms with Gasteiger partial charge in [0, 0.05) is 24.3 Å². The van der Waals surface area contributed by atoms with Crippen LogP contribution in [0.3, 0.4) is 0 Å². The van der Waals surface area contributed by atoms with Gasteiger partial charge in [-0.1, -0.05) is 24.6 Å². The summed E-state index contributed by atoms with van der Waals surface area (Å²) in [4.78, 5) is 26.1. The third-order valence-electron chi connectivity index (χ3n) is 5.63. The number of nitrogens with zero attached hydrogens (tertiary/aromatic N) is 3. The molecule has 1 aliphatic carbocycles. The lowest BCUT2D eigenvalue weighted by Crippen LogP contribution is -2.31. The molecule has 0 spiro atoms. The number of carboxylic acid groups (broad SMARTS) is 1. The van der Waals surface area contributed by atoms with Gasteiger partial charge in [0.2, 0.25) is 0 Å². The van der Waals surface area contributed by atoms with Gasteiger partial charge >= 0.3 is 5.97 Å². The maximum absolute atomic E-state index is 13.1. The van der Waals surface area contributed by atoms with Gasteiger partial charge in [0.15, 0.2) is 5.69 Å². The Hall–Kier alpha value is -2.63. The average Bonchev–Trinajstić information content (AvgIpc) is 3.29. The van der Waals surface area contributed by atoms with E-state index in [1.54, 1.807) is 4.90 Å². The highest BCUT2D eigenvalue weighted by atomic mass is 16.4. The summed E-state index contributed by atoms with van der Waals surface area (Å²) in [5, 5.41) is 14.0. The summed E-state index contributed by atoms with van der Waals surface area (Å²) in [5.41, 5.74) is 4.78. The Morgan fingerprint density at radius 2 is 1.88 bits per heavy atom. The second-order valence-corrected chi connectivity index (χ2v) is 7.51. The van der Waals surface area contributed by atoms with Crippen LogP contribution in [0.4, 0.5) is 0 Å². The molecule has 1 saturated heterocycles. The number of likely N-dealkylation sites (tertiary alicyclic amines) is 1. The molecule has 1 aliphatic heterocycles. The van der Waals surface area contributed by atoms with Gasteiger partial charge in [-0.25, -0.2) is 4.68 Å². The highest BCUT2D eigenvalue weighted by Gasteiger charge is 2.39. The normalized spacial score (nSPS) is 21.8. The van der Waals surface area contributed by atoms with Crippen molar-refractivity contribution in [1.29, 1.82) is 0 Å². The molecule has 136 valence electrons. The fourth-order valence-electron chi connectivity index (χ4n) is 4.11. The van der Waals surface area contributed by atoms with Crippen molar-refractivity contribution in [3.8, 4) is 5.69 Å². The van der Waals surface area contributed by atoms with Crippen molar-refractivity contribution < 1.29 is 14.7 Å². The lowest BCUT2D eigenvalue weighted by Gasteiger charge is -2.15. The van der Waals surface area contributed by atoms with E-state index in [1.807, 2.05) is 42.8 Å². The molecule has 6 heteroatoms. The Bertz CT molecular complexity index is 869. The molecule has 0 radical (unpaired) electrons. The summed E-state index contributed by atoms with van der Waals surface area (Å²) in [6.07, 6.45) is 2.79. The molecule has 0 unspecified atom stereocenters. The third-order valence-corrected chi connectivity index (χ3v) is 5.63.